The third kappa shape index (κ3) is 4.08. The Labute approximate surface area is 121 Å². The average molecular weight is 273 g/mol. The van der Waals surface area contributed by atoms with Gasteiger partial charge >= 0.3 is 0 Å². The summed E-state index contributed by atoms with van der Waals surface area (Å²) in [7, 11) is 0. The largest absolute Gasteiger partial charge is 0.395 e. The highest BCUT2D eigenvalue weighted by Gasteiger charge is 2.23. The van der Waals surface area contributed by atoms with Gasteiger partial charge in [0.2, 0.25) is 0 Å². The molecule has 1 aliphatic heterocycles. The van der Waals surface area contributed by atoms with Crippen LogP contribution in [0.25, 0.3) is 0 Å². The second kappa shape index (κ2) is 7.44. The molecular weight excluding hydrogens is 250 g/mol. The molecule has 1 aromatic rings. The molecule has 3 nitrogen and oxygen atoms in total. The van der Waals surface area contributed by atoms with Gasteiger partial charge in [0.25, 0.3) is 0 Å². The fourth-order valence-corrected chi connectivity index (χ4v) is 2.40. The van der Waals surface area contributed by atoms with Crippen LogP contribution in [0, 0.1) is 11.8 Å². The third-order valence-corrected chi connectivity index (χ3v) is 3.59. The van der Waals surface area contributed by atoms with Crippen molar-refractivity contribution in [1.29, 1.82) is 0 Å². The number of ether oxygens (including phenoxy) is 1. The number of aliphatic hydroxyl groups is 1. The first-order valence-electron chi connectivity index (χ1n) is 7.24. The van der Waals surface area contributed by atoms with E-state index in [0.717, 1.165) is 25.3 Å². The van der Waals surface area contributed by atoms with Gasteiger partial charge in [-0.3, -0.25) is 4.90 Å². The molecule has 3 heteroatoms. The second-order valence-corrected chi connectivity index (χ2v) is 5.35. The first-order valence-corrected chi connectivity index (χ1v) is 7.24. The summed E-state index contributed by atoms with van der Waals surface area (Å²) in [6.45, 7) is 7.09. The van der Waals surface area contributed by atoms with E-state index in [0.29, 0.717) is 18.6 Å². The summed E-state index contributed by atoms with van der Waals surface area (Å²) in [6, 6.07) is 8.69. The summed E-state index contributed by atoms with van der Waals surface area (Å²) in [4.78, 5) is 2.45. The second-order valence-electron chi connectivity index (χ2n) is 5.35. The molecule has 0 saturated carbocycles. The topological polar surface area (TPSA) is 32.7 Å². The number of hydrogen-bond acceptors (Lipinski definition) is 3. The molecule has 1 aliphatic rings. The highest BCUT2D eigenvalue weighted by molar-refractivity contribution is 5.41. The third-order valence-electron chi connectivity index (χ3n) is 3.59. The first kappa shape index (κ1) is 15.1. The van der Waals surface area contributed by atoms with Crippen LogP contribution in [0.15, 0.2) is 24.3 Å². The standard InChI is InChI=1S/C17H23NO2/c1-14-13-20-15(2)11-18(14)12-17-9-4-3-7-16(17)8-5-6-10-19/h3-4,7,9,14-15,19H,6,10-13H2,1-2H3. The monoisotopic (exact) mass is 273 g/mol. The Morgan fingerprint density at radius 3 is 2.95 bits per heavy atom. The van der Waals surface area contributed by atoms with Gasteiger partial charge in [0, 0.05) is 31.1 Å². The molecule has 1 saturated heterocycles. The van der Waals surface area contributed by atoms with Gasteiger partial charge in [-0.2, -0.15) is 0 Å². The van der Waals surface area contributed by atoms with E-state index in [1.165, 1.54) is 5.56 Å². The van der Waals surface area contributed by atoms with Crippen LogP contribution in [0.5, 0.6) is 0 Å². The predicted molar refractivity (Wildman–Crippen MR) is 80.3 cm³/mol. The normalized spacial score (nSPS) is 23.1. The maximum atomic E-state index is 8.81. The van der Waals surface area contributed by atoms with Gasteiger partial charge in [-0.05, 0) is 25.5 Å². The van der Waals surface area contributed by atoms with E-state index in [9.17, 15) is 0 Å². The molecule has 0 amide bonds. The number of rotatable bonds is 3. The van der Waals surface area contributed by atoms with Crippen LogP contribution >= 0.6 is 0 Å². The molecule has 2 unspecified atom stereocenters. The predicted octanol–water partition coefficient (Wildman–Crippen LogP) is 2.03. The SMILES string of the molecule is CC1CN(Cc2ccccc2C#CCCO)C(C)CO1. The van der Waals surface area contributed by atoms with Crippen molar-refractivity contribution in [2.24, 2.45) is 0 Å². The minimum atomic E-state index is 0.118. The molecule has 2 rings (SSSR count). The zero-order valence-electron chi connectivity index (χ0n) is 12.3. The maximum absolute atomic E-state index is 8.81. The maximum Gasteiger partial charge on any atom is 0.0674 e. The van der Waals surface area contributed by atoms with Crippen LogP contribution in [0.3, 0.4) is 0 Å². The lowest BCUT2D eigenvalue weighted by molar-refractivity contribution is -0.0526. The fraction of sp³-hybridized carbons (Fsp3) is 0.529. The van der Waals surface area contributed by atoms with Gasteiger partial charge in [-0.15, -0.1) is 0 Å². The number of morpholine rings is 1. The molecule has 2 atom stereocenters. The molecule has 1 heterocycles. The Bertz CT molecular complexity index is 489. The minimum Gasteiger partial charge on any atom is -0.395 e. The smallest absolute Gasteiger partial charge is 0.0674 e. The molecule has 1 fully saturated rings. The zero-order chi connectivity index (χ0) is 14.4. The van der Waals surface area contributed by atoms with E-state index in [1.54, 1.807) is 0 Å². The van der Waals surface area contributed by atoms with Crippen molar-refractivity contribution in [3.63, 3.8) is 0 Å². The van der Waals surface area contributed by atoms with Crippen molar-refractivity contribution in [1.82, 2.24) is 4.90 Å². The summed E-state index contributed by atoms with van der Waals surface area (Å²) in [5, 5.41) is 8.81. The Morgan fingerprint density at radius 2 is 2.15 bits per heavy atom. The lowest BCUT2D eigenvalue weighted by Crippen LogP contribution is -2.46. The Balaban J connectivity index is 2.10. The summed E-state index contributed by atoms with van der Waals surface area (Å²) in [6.07, 6.45) is 0.818. The minimum absolute atomic E-state index is 0.118. The highest BCUT2D eigenvalue weighted by atomic mass is 16.5. The molecule has 0 aromatic heterocycles. The van der Waals surface area contributed by atoms with Gasteiger partial charge < -0.3 is 9.84 Å². The number of nitrogens with zero attached hydrogens (tertiary/aromatic N) is 1. The summed E-state index contributed by atoms with van der Waals surface area (Å²) >= 11 is 0. The molecule has 1 N–H and O–H groups in total. The number of aliphatic hydroxyl groups excluding tert-OH is 1. The van der Waals surface area contributed by atoms with E-state index < -0.39 is 0 Å². The van der Waals surface area contributed by atoms with Crippen molar-refractivity contribution in [2.75, 3.05) is 19.8 Å². The van der Waals surface area contributed by atoms with Crippen LogP contribution in [-0.2, 0) is 11.3 Å². The van der Waals surface area contributed by atoms with Crippen LogP contribution in [-0.4, -0.2) is 41.9 Å². The van der Waals surface area contributed by atoms with Crippen molar-refractivity contribution in [2.45, 2.75) is 39.0 Å². The average Bonchev–Trinajstić information content (AvgIpc) is 2.45. The molecule has 0 spiro atoms. The van der Waals surface area contributed by atoms with Crippen molar-refractivity contribution in [3.8, 4) is 11.8 Å². The Kier molecular flexibility index (Phi) is 5.60. The first-order chi connectivity index (χ1) is 9.70. The molecule has 1 aromatic carbocycles. The van der Waals surface area contributed by atoms with Crippen LogP contribution in [0.1, 0.15) is 31.4 Å². The summed E-state index contributed by atoms with van der Waals surface area (Å²) in [5.41, 5.74) is 2.31. The Morgan fingerprint density at radius 1 is 1.35 bits per heavy atom. The van der Waals surface area contributed by atoms with E-state index in [2.05, 4.69) is 42.7 Å². The van der Waals surface area contributed by atoms with Crippen LogP contribution < -0.4 is 0 Å². The van der Waals surface area contributed by atoms with Gasteiger partial charge in [0.1, 0.15) is 0 Å². The fourth-order valence-electron chi connectivity index (χ4n) is 2.40. The van der Waals surface area contributed by atoms with Gasteiger partial charge in [-0.25, -0.2) is 0 Å². The molecule has 0 bridgehead atoms. The van der Waals surface area contributed by atoms with Crippen molar-refractivity contribution < 1.29 is 9.84 Å². The van der Waals surface area contributed by atoms with E-state index >= 15 is 0 Å². The number of hydrogen-bond donors (Lipinski definition) is 1. The van der Waals surface area contributed by atoms with E-state index in [1.807, 2.05) is 12.1 Å². The molecule has 20 heavy (non-hydrogen) atoms. The van der Waals surface area contributed by atoms with Crippen LogP contribution in [0.2, 0.25) is 0 Å². The zero-order valence-corrected chi connectivity index (χ0v) is 12.3. The molecule has 108 valence electrons. The quantitative estimate of drug-likeness (QED) is 0.855. The Hall–Kier alpha value is -1.34. The molecular formula is C17H23NO2. The van der Waals surface area contributed by atoms with Gasteiger partial charge in [0.05, 0.1) is 19.3 Å². The van der Waals surface area contributed by atoms with Gasteiger partial charge in [0.15, 0.2) is 0 Å². The van der Waals surface area contributed by atoms with Crippen molar-refractivity contribution in [3.05, 3.63) is 35.4 Å². The molecule has 0 radical (unpaired) electrons. The number of benzene rings is 1. The van der Waals surface area contributed by atoms with Crippen molar-refractivity contribution >= 4 is 0 Å². The van der Waals surface area contributed by atoms with E-state index in [4.69, 9.17) is 9.84 Å². The summed E-state index contributed by atoms with van der Waals surface area (Å²) < 4.78 is 5.67. The van der Waals surface area contributed by atoms with Crippen LogP contribution in [0.4, 0.5) is 0 Å². The van der Waals surface area contributed by atoms with Gasteiger partial charge in [-0.1, -0.05) is 30.0 Å². The highest BCUT2D eigenvalue weighted by Crippen LogP contribution is 2.17. The molecule has 0 aliphatic carbocycles. The summed E-state index contributed by atoms with van der Waals surface area (Å²) in [5.74, 6) is 6.17. The van der Waals surface area contributed by atoms with E-state index in [-0.39, 0.29) is 6.61 Å². The lowest BCUT2D eigenvalue weighted by Gasteiger charge is -2.37. The lowest BCUT2D eigenvalue weighted by atomic mass is 10.1.